The molecule has 1 saturated heterocycles. The zero-order valence-electron chi connectivity index (χ0n) is 15.8. The molecule has 1 aliphatic heterocycles. The van der Waals surface area contributed by atoms with Gasteiger partial charge in [0.1, 0.15) is 6.04 Å². The van der Waals surface area contributed by atoms with Gasteiger partial charge < -0.3 is 14.5 Å². The van der Waals surface area contributed by atoms with Crippen molar-refractivity contribution < 1.29 is 19.1 Å². The third-order valence-corrected chi connectivity index (χ3v) is 6.28. The van der Waals surface area contributed by atoms with Crippen LogP contribution in [0, 0.1) is 0 Å². The van der Waals surface area contributed by atoms with Gasteiger partial charge in [0.05, 0.1) is 14.9 Å². The first-order valence-corrected chi connectivity index (χ1v) is 10.7. The predicted octanol–water partition coefficient (Wildman–Crippen LogP) is 3.86. The van der Waals surface area contributed by atoms with Gasteiger partial charge in [0.15, 0.2) is 6.61 Å². The van der Waals surface area contributed by atoms with Crippen LogP contribution in [0.15, 0.2) is 35.7 Å². The lowest BCUT2D eigenvalue weighted by Crippen LogP contribution is -2.42. The summed E-state index contributed by atoms with van der Waals surface area (Å²) in [6.07, 6.45) is 1.26. The Labute approximate surface area is 182 Å². The minimum absolute atomic E-state index is 0.178. The van der Waals surface area contributed by atoms with Gasteiger partial charge in [-0.3, -0.25) is 9.59 Å². The summed E-state index contributed by atoms with van der Waals surface area (Å²) in [7, 11) is 1.61. The standard InChI is InChI=1S/C20H20Cl2N2O4S/c1-23(11-13-6-7-14(21)15(22)10-13)18(25)12-28-20(27)16-4-2-8-24(16)19(26)17-5-3-9-29-17/h3,5-7,9-10,16H,2,4,8,11-12H2,1H3/t16-/m0/s1. The Morgan fingerprint density at radius 1 is 1.24 bits per heavy atom. The Bertz CT molecular complexity index is 904. The molecule has 6 nitrogen and oxygen atoms in total. The zero-order chi connectivity index (χ0) is 21.0. The molecule has 1 aromatic heterocycles. The van der Waals surface area contributed by atoms with Crippen LogP contribution < -0.4 is 0 Å². The fraction of sp³-hybridized carbons (Fsp3) is 0.350. The molecule has 29 heavy (non-hydrogen) atoms. The molecule has 154 valence electrons. The number of benzene rings is 1. The largest absolute Gasteiger partial charge is 0.454 e. The highest BCUT2D eigenvalue weighted by molar-refractivity contribution is 7.12. The smallest absolute Gasteiger partial charge is 0.329 e. The number of likely N-dealkylation sites (tertiary alicyclic amines) is 1. The lowest BCUT2D eigenvalue weighted by atomic mass is 10.2. The number of carbonyl (C=O) groups excluding carboxylic acids is 3. The number of likely N-dealkylation sites (N-methyl/N-ethyl adjacent to an activating group) is 1. The minimum atomic E-state index is -0.655. The van der Waals surface area contributed by atoms with Crippen molar-refractivity contribution in [3.05, 3.63) is 56.2 Å². The molecule has 9 heteroatoms. The summed E-state index contributed by atoms with van der Waals surface area (Å²) in [4.78, 5) is 40.9. The first-order valence-electron chi connectivity index (χ1n) is 9.06. The maximum absolute atomic E-state index is 12.6. The van der Waals surface area contributed by atoms with E-state index in [1.54, 1.807) is 37.4 Å². The fourth-order valence-electron chi connectivity index (χ4n) is 3.14. The van der Waals surface area contributed by atoms with Gasteiger partial charge >= 0.3 is 5.97 Å². The molecule has 0 saturated carbocycles. The molecule has 0 spiro atoms. The molecule has 2 heterocycles. The molecule has 1 fully saturated rings. The third-order valence-electron chi connectivity index (χ3n) is 4.69. The highest BCUT2D eigenvalue weighted by Gasteiger charge is 2.36. The monoisotopic (exact) mass is 454 g/mol. The van der Waals surface area contributed by atoms with E-state index in [9.17, 15) is 14.4 Å². The average molecular weight is 455 g/mol. The summed E-state index contributed by atoms with van der Waals surface area (Å²) in [5.41, 5.74) is 0.810. The van der Waals surface area contributed by atoms with Gasteiger partial charge in [-0.05, 0) is 42.0 Å². The summed E-state index contributed by atoms with van der Waals surface area (Å²) < 4.78 is 5.22. The van der Waals surface area contributed by atoms with Crippen LogP contribution in [-0.2, 0) is 20.9 Å². The van der Waals surface area contributed by atoms with Crippen LogP contribution in [0.4, 0.5) is 0 Å². The second-order valence-corrected chi connectivity index (χ2v) is 8.50. The second kappa shape index (κ2) is 9.61. The summed E-state index contributed by atoms with van der Waals surface area (Å²) >= 11 is 13.2. The van der Waals surface area contributed by atoms with E-state index in [2.05, 4.69) is 0 Å². The van der Waals surface area contributed by atoms with Crippen molar-refractivity contribution >= 4 is 52.3 Å². The number of amides is 2. The zero-order valence-corrected chi connectivity index (χ0v) is 18.1. The van der Waals surface area contributed by atoms with Gasteiger partial charge in [-0.15, -0.1) is 11.3 Å². The van der Waals surface area contributed by atoms with E-state index >= 15 is 0 Å². The molecule has 3 rings (SSSR count). The van der Waals surface area contributed by atoms with Gasteiger partial charge in [0.2, 0.25) is 0 Å². The van der Waals surface area contributed by atoms with Crippen molar-refractivity contribution in [2.45, 2.75) is 25.4 Å². The minimum Gasteiger partial charge on any atom is -0.454 e. The van der Waals surface area contributed by atoms with Gasteiger partial charge in [-0.25, -0.2) is 4.79 Å². The quantitative estimate of drug-likeness (QED) is 0.621. The molecule has 1 aromatic carbocycles. The van der Waals surface area contributed by atoms with Crippen LogP contribution in [-0.4, -0.2) is 53.8 Å². The Kier molecular flexibility index (Phi) is 7.16. The number of ether oxygens (including phenoxy) is 1. The van der Waals surface area contributed by atoms with E-state index < -0.39 is 12.0 Å². The number of esters is 1. The van der Waals surface area contributed by atoms with E-state index in [4.69, 9.17) is 27.9 Å². The van der Waals surface area contributed by atoms with Crippen LogP contribution in [0.1, 0.15) is 28.1 Å². The van der Waals surface area contributed by atoms with Crippen molar-refractivity contribution in [2.75, 3.05) is 20.2 Å². The van der Waals surface area contributed by atoms with Crippen molar-refractivity contribution in [1.82, 2.24) is 9.80 Å². The van der Waals surface area contributed by atoms with Crippen LogP contribution in [0.25, 0.3) is 0 Å². The van der Waals surface area contributed by atoms with Crippen molar-refractivity contribution in [3.63, 3.8) is 0 Å². The Morgan fingerprint density at radius 3 is 2.72 bits per heavy atom. The number of rotatable bonds is 6. The molecular formula is C20H20Cl2N2O4S. The number of carbonyl (C=O) groups is 3. The van der Waals surface area contributed by atoms with Gasteiger partial charge in [0, 0.05) is 20.1 Å². The molecular weight excluding hydrogens is 435 g/mol. The number of hydrogen-bond acceptors (Lipinski definition) is 5. The van der Waals surface area contributed by atoms with Crippen LogP contribution in [0.3, 0.4) is 0 Å². The first kappa shape index (κ1) is 21.6. The normalized spacial score (nSPS) is 16.0. The second-order valence-electron chi connectivity index (χ2n) is 6.74. The van der Waals surface area contributed by atoms with Gasteiger partial charge in [-0.1, -0.05) is 35.3 Å². The van der Waals surface area contributed by atoms with E-state index in [0.717, 1.165) is 12.0 Å². The first-order chi connectivity index (χ1) is 13.9. The van der Waals surface area contributed by atoms with E-state index in [1.807, 2.05) is 5.38 Å². The molecule has 1 aliphatic rings. The van der Waals surface area contributed by atoms with E-state index in [-0.39, 0.29) is 18.4 Å². The maximum atomic E-state index is 12.6. The number of hydrogen-bond donors (Lipinski definition) is 0. The molecule has 0 aliphatic carbocycles. The lowest BCUT2D eigenvalue weighted by Gasteiger charge is -2.23. The van der Waals surface area contributed by atoms with E-state index in [0.29, 0.717) is 34.4 Å². The Hall–Kier alpha value is -2.09. The molecule has 0 bridgehead atoms. The van der Waals surface area contributed by atoms with Gasteiger partial charge in [0.25, 0.3) is 11.8 Å². The van der Waals surface area contributed by atoms with Crippen LogP contribution in [0.2, 0.25) is 10.0 Å². The van der Waals surface area contributed by atoms with Crippen molar-refractivity contribution in [3.8, 4) is 0 Å². The predicted molar refractivity (Wildman–Crippen MR) is 112 cm³/mol. The van der Waals surface area contributed by atoms with Crippen molar-refractivity contribution in [2.24, 2.45) is 0 Å². The molecule has 0 radical (unpaired) electrons. The maximum Gasteiger partial charge on any atom is 0.329 e. The highest BCUT2D eigenvalue weighted by Crippen LogP contribution is 2.24. The number of nitrogens with zero attached hydrogens (tertiary/aromatic N) is 2. The average Bonchev–Trinajstić information content (AvgIpc) is 3.40. The molecule has 2 amide bonds. The van der Waals surface area contributed by atoms with Crippen LogP contribution >= 0.6 is 34.5 Å². The fourth-order valence-corrected chi connectivity index (χ4v) is 4.14. The SMILES string of the molecule is CN(Cc1ccc(Cl)c(Cl)c1)C(=O)COC(=O)[C@@H]1CCCN1C(=O)c1cccs1. The molecule has 2 aromatic rings. The van der Waals surface area contributed by atoms with Crippen LogP contribution in [0.5, 0.6) is 0 Å². The summed E-state index contributed by atoms with van der Waals surface area (Å²) in [5.74, 6) is -1.08. The third kappa shape index (κ3) is 5.29. The Balaban J connectivity index is 1.53. The van der Waals surface area contributed by atoms with Gasteiger partial charge in [-0.2, -0.15) is 0 Å². The molecule has 0 unspecified atom stereocenters. The summed E-state index contributed by atoms with van der Waals surface area (Å²) in [6, 6.07) is 8.00. The highest BCUT2D eigenvalue weighted by atomic mass is 35.5. The lowest BCUT2D eigenvalue weighted by molar-refractivity contribution is -0.154. The number of thiophene rings is 1. The van der Waals surface area contributed by atoms with E-state index in [1.165, 1.54) is 21.1 Å². The summed E-state index contributed by atoms with van der Waals surface area (Å²) in [6.45, 7) is 0.426. The Morgan fingerprint density at radius 2 is 2.03 bits per heavy atom. The summed E-state index contributed by atoms with van der Waals surface area (Å²) in [5, 5.41) is 2.67. The van der Waals surface area contributed by atoms with Crippen molar-refractivity contribution in [1.29, 1.82) is 0 Å². The number of halogens is 2. The topological polar surface area (TPSA) is 66.9 Å². The molecule has 1 atom stereocenters. The molecule has 0 N–H and O–H groups in total.